The molecule has 2 fully saturated rings. The molecule has 3 rings (SSSR count). The summed E-state index contributed by atoms with van der Waals surface area (Å²) in [6.07, 6.45) is 14.7. The Hall–Kier alpha value is -1.63. The summed E-state index contributed by atoms with van der Waals surface area (Å²) < 4.78 is 0. The van der Waals surface area contributed by atoms with Gasteiger partial charge in [0.05, 0.1) is 0 Å². The third kappa shape index (κ3) is 3.09. The van der Waals surface area contributed by atoms with E-state index >= 15 is 0 Å². The van der Waals surface area contributed by atoms with Gasteiger partial charge in [0.15, 0.2) is 5.78 Å². The van der Waals surface area contributed by atoms with Crippen molar-refractivity contribution in [3.8, 4) is 0 Å². The molecule has 0 saturated heterocycles. The Morgan fingerprint density at radius 3 is 2.40 bits per heavy atom. The molecule has 20 heavy (non-hydrogen) atoms. The zero-order valence-corrected chi connectivity index (χ0v) is 12.0. The van der Waals surface area contributed by atoms with Crippen molar-refractivity contribution in [1.82, 2.24) is 0 Å². The lowest BCUT2D eigenvalue weighted by Crippen LogP contribution is -2.33. The van der Waals surface area contributed by atoms with E-state index in [4.69, 9.17) is 0 Å². The molecule has 0 heterocycles. The van der Waals surface area contributed by atoms with Gasteiger partial charge in [-0.2, -0.15) is 0 Å². The molecule has 0 N–H and O–H groups in total. The van der Waals surface area contributed by atoms with Crippen LogP contribution in [0.15, 0.2) is 48.1 Å². The summed E-state index contributed by atoms with van der Waals surface area (Å²) in [5.74, 6) is 0.134. The van der Waals surface area contributed by atoms with Crippen LogP contribution >= 0.6 is 0 Å². The summed E-state index contributed by atoms with van der Waals surface area (Å²) in [7, 11) is 0. The van der Waals surface area contributed by atoms with Crippen LogP contribution in [0.4, 0.5) is 0 Å². The summed E-state index contributed by atoms with van der Waals surface area (Å²) in [4.78, 5) is 11.9. The normalized spacial score (nSPS) is 20.9. The van der Waals surface area contributed by atoms with Gasteiger partial charge < -0.3 is 0 Å². The fourth-order valence-corrected chi connectivity index (χ4v) is 3.66. The van der Waals surface area contributed by atoms with E-state index in [-0.39, 0.29) is 5.78 Å². The van der Waals surface area contributed by atoms with Crippen molar-refractivity contribution in [3.63, 3.8) is 0 Å². The number of ketones is 1. The minimum Gasteiger partial charge on any atom is -0.290 e. The first-order valence-electron chi connectivity index (χ1n) is 7.72. The topological polar surface area (TPSA) is 17.1 Å². The van der Waals surface area contributed by atoms with Crippen LogP contribution < -0.4 is 0 Å². The van der Waals surface area contributed by atoms with Crippen molar-refractivity contribution in [2.45, 2.75) is 44.9 Å². The van der Waals surface area contributed by atoms with E-state index in [1.165, 1.54) is 37.7 Å². The van der Waals surface area contributed by atoms with Gasteiger partial charge in [-0.1, -0.05) is 61.2 Å². The Balaban J connectivity index is 1.55. The second kappa shape index (κ2) is 5.78. The monoisotopic (exact) mass is 266 g/mol. The van der Waals surface area contributed by atoms with E-state index in [1.54, 1.807) is 6.08 Å². The van der Waals surface area contributed by atoms with Gasteiger partial charge in [-0.15, -0.1) is 0 Å². The molecule has 1 aromatic carbocycles. The summed E-state index contributed by atoms with van der Waals surface area (Å²) in [5.41, 5.74) is 3.01. The highest BCUT2D eigenvalue weighted by atomic mass is 16.1. The Labute approximate surface area is 121 Å². The SMILES string of the molecule is O=C(C=C1CC2(CCCCC2)C1)/C=C/c1ccccc1. The molecule has 0 unspecified atom stereocenters. The van der Waals surface area contributed by atoms with Gasteiger partial charge >= 0.3 is 0 Å². The number of carbonyl (C=O) groups excluding carboxylic acids is 1. The van der Waals surface area contributed by atoms with Crippen LogP contribution in [0, 0.1) is 5.41 Å². The minimum absolute atomic E-state index is 0.134. The van der Waals surface area contributed by atoms with Crippen LogP contribution in [0.1, 0.15) is 50.5 Å². The maximum Gasteiger partial charge on any atom is 0.178 e. The number of carbonyl (C=O) groups is 1. The van der Waals surface area contributed by atoms with Crippen molar-refractivity contribution in [2.75, 3.05) is 0 Å². The van der Waals surface area contributed by atoms with E-state index in [0.717, 1.165) is 18.4 Å². The Bertz CT molecular complexity index is 520. The zero-order valence-electron chi connectivity index (χ0n) is 12.0. The fraction of sp³-hybridized carbons (Fsp3) is 0.421. The summed E-state index contributed by atoms with van der Waals surface area (Å²) in [6, 6.07) is 9.98. The third-order valence-electron chi connectivity index (χ3n) is 4.70. The van der Waals surface area contributed by atoms with Crippen LogP contribution in [-0.2, 0) is 4.79 Å². The minimum atomic E-state index is 0.134. The van der Waals surface area contributed by atoms with Crippen LogP contribution in [-0.4, -0.2) is 5.78 Å². The molecule has 0 aromatic heterocycles. The number of rotatable bonds is 3. The van der Waals surface area contributed by atoms with E-state index in [9.17, 15) is 4.79 Å². The number of allylic oxidation sites excluding steroid dienone is 3. The maximum absolute atomic E-state index is 11.9. The standard InChI is InChI=1S/C19H22O/c20-18(10-9-16-7-3-1-4-8-16)13-17-14-19(15-17)11-5-2-6-12-19/h1,3-4,7-10,13H,2,5-6,11-12,14-15H2/b10-9+. The van der Waals surface area contributed by atoms with Gasteiger partial charge in [-0.3, -0.25) is 4.79 Å². The number of hydrogen-bond donors (Lipinski definition) is 0. The van der Waals surface area contributed by atoms with E-state index < -0.39 is 0 Å². The molecule has 0 aliphatic heterocycles. The third-order valence-corrected chi connectivity index (χ3v) is 4.70. The summed E-state index contributed by atoms with van der Waals surface area (Å²) in [5, 5.41) is 0. The van der Waals surface area contributed by atoms with E-state index in [1.807, 2.05) is 42.5 Å². The van der Waals surface area contributed by atoms with Crippen molar-refractivity contribution < 1.29 is 4.79 Å². The van der Waals surface area contributed by atoms with Crippen LogP contribution in [0.5, 0.6) is 0 Å². The lowest BCUT2D eigenvalue weighted by Gasteiger charge is -2.47. The molecule has 0 radical (unpaired) electrons. The zero-order chi connectivity index (χ0) is 13.8. The largest absolute Gasteiger partial charge is 0.290 e. The Morgan fingerprint density at radius 2 is 1.70 bits per heavy atom. The second-order valence-corrected chi connectivity index (χ2v) is 6.36. The van der Waals surface area contributed by atoms with Gasteiger partial charge in [-0.25, -0.2) is 0 Å². The average Bonchev–Trinajstić information content (AvgIpc) is 2.46. The molecule has 1 aromatic rings. The van der Waals surface area contributed by atoms with Gasteiger partial charge in [0.2, 0.25) is 0 Å². The summed E-state index contributed by atoms with van der Waals surface area (Å²) >= 11 is 0. The number of benzene rings is 1. The molecule has 1 spiro atoms. The Morgan fingerprint density at radius 1 is 1.00 bits per heavy atom. The highest BCUT2D eigenvalue weighted by Crippen LogP contribution is 2.54. The first kappa shape index (κ1) is 13.4. The average molecular weight is 266 g/mol. The predicted molar refractivity (Wildman–Crippen MR) is 83.3 cm³/mol. The maximum atomic E-state index is 11.9. The van der Waals surface area contributed by atoms with Crippen LogP contribution in [0.25, 0.3) is 6.08 Å². The molecule has 0 bridgehead atoms. The van der Waals surface area contributed by atoms with Crippen molar-refractivity contribution >= 4 is 11.9 Å². The molecule has 1 heteroatoms. The second-order valence-electron chi connectivity index (χ2n) is 6.36. The molecule has 0 amide bonds. The molecule has 104 valence electrons. The molecular weight excluding hydrogens is 244 g/mol. The van der Waals surface area contributed by atoms with Gasteiger partial charge in [-0.05, 0) is 48.8 Å². The van der Waals surface area contributed by atoms with Gasteiger partial charge in [0, 0.05) is 0 Å². The summed E-state index contributed by atoms with van der Waals surface area (Å²) in [6.45, 7) is 0. The fourth-order valence-electron chi connectivity index (χ4n) is 3.66. The molecular formula is C19H22O. The number of hydrogen-bond acceptors (Lipinski definition) is 1. The molecule has 2 aliphatic rings. The van der Waals surface area contributed by atoms with Crippen molar-refractivity contribution in [3.05, 3.63) is 53.6 Å². The van der Waals surface area contributed by atoms with E-state index in [2.05, 4.69) is 0 Å². The smallest absolute Gasteiger partial charge is 0.178 e. The van der Waals surface area contributed by atoms with Crippen LogP contribution in [0.2, 0.25) is 0 Å². The highest BCUT2D eigenvalue weighted by Gasteiger charge is 2.40. The molecule has 0 atom stereocenters. The molecule has 2 saturated carbocycles. The van der Waals surface area contributed by atoms with Gasteiger partial charge in [0.1, 0.15) is 0 Å². The Kier molecular flexibility index (Phi) is 3.86. The molecule has 2 aliphatic carbocycles. The lowest BCUT2D eigenvalue weighted by atomic mass is 9.58. The predicted octanol–water partition coefficient (Wildman–Crippen LogP) is 4.94. The highest BCUT2D eigenvalue weighted by molar-refractivity contribution is 6.02. The van der Waals surface area contributed by atoms with Crippen molar-refractivity contribution in [1.29, 1.82) is 0 Å². The first-order chi connectivity index (χ1) is 9.76. The van der Waals surface area contributed by atoms with Crippen molar-refractivity contribution in [2.24, 2.45) is 5.41 Å². The first-order valence-corrected chi connectivity index (χ1v) is 7.72. The van der Waals surface area contributed by atoms with E-state index in [0.29, 0.717) is 5.41 Å². The van der Waals surface area contributed by atoms with Gasteiger partial charge in [0.25, 0.3) is 0 Å². The lowest BCUT2D eigenvalue weighted by molar-refractivity contribution is -0.110. The van der Waals surface area contributed by atoms with Crippen LogP contribution in [0.3, 0.4) is 0 Å². The quantitative estimate of drug-likeness (QED) is 0.708. The molecule has 1 nitrogen and oxygen atoms in total.